The molecule has 4 rings (SSSR count). The van der Waals surface area contributed by atoms with Crippen molar-refractivity contribution in [2.45, 2.75) is 78.2 Å². The van der Waals surface area contributed by atoms with Gasteiger partial charge in [0.15, 0.2) is 0 Å². The number of ether oxygens (including phenoxy) is 2. The Bertz CT molecular complexity index is 1770. The average molecular weight is 761 g/mol. The zero-order valence-electron chi connectivity index (χ0n) is 29.8. The van der Waals surface area contributed by atoms with Crippen LogP contribution in [0.1, 0.15) is 70.2 Å². The summed E-state index contributed by atoms with van der Waals surface area (Å²) in [6, 6.07) is 18.3. The molecule has 0 spiro atoms. The quantitative estimate of drug-likeness (QED) is 0.0553. The zero-order valence-corrected chi connectivity index (χ0v) is 29.8. The van der Waals surface area contributed by atoms with E-state index in [2.05, 4.69) is 10.6 Å². The van der Waals surface area contributed by atoms with Crippen molar-refractivity contribution in [3.05, 3.63) is 117 Å². The topological polar surface area (TPSA) is 117 Å². The van der Waals surface area contributed by atoms with Crippen molar-refractivity contribution in [1.82, 2.24) is 10.6 Å². The Morgan fingerprint density at radius 2 is 1.00 bits per heavy atom. The summed E-state index contributed by atoms with van der Waals surface area (Å²) in [5, 5.41) is 23.4. The van der Waals surface area contributed by atoms with Crippen LogP contribution in [0.3, 0.4) is 0 Å². The number of rotatable bonds is 19. The smallest absolute Gasteiger partial charge is 0.419 e. The molecule has 0 unspecified atom stereocenters. The standard InChI is InChI=1S/C40H42F6N2O6/c1-25-29(23-53-35-15-13-27(19-33(35)39(41,42)43)21-47-17-5-11-37(49)50)7-3-9-31(25)32-10-4-8-30(26(32)2)24-54-36-16-14-28(20-34(36)40(44,45)46)22-48-18-6-12-38(51)52/h3-4,7-10,13-16,19-20,47-48H,5-6,11-12,17-18,21-24H2,1-2H3,(H,49,50)(H,51,52). The molecule has 0 heterocycles. The van der Waals surface area contributed by atoms with Crippen molar-refractivity contribution in [3.63, 3.8) is 0 Å². The van der Waals surface area contributed by atoms with Crippen molar-refractivity contribution in [2.75, 3.05) is 13.1 Å². The fourth-order valence-electron chi connectivity index (χ4n) is 5.84. The van der Waals surface area contributed by atoms with E-state index in [0.717, 1.165) is 34.4 Å². The normalized spacial score (nSPS) is 11.8. The van der Waals surface area contributed by atoms with E-state index in [4.69, 9.17) is 19.7 Å². The number of nitrogens with one attached hydrogen (secondary N) is 2. The van der Waals surface area contributed by atoms with Gasteiger partial charge in [0, 0.05) is 25.9 Å². The second-order valence-corrected chi connectivity index (χ2v) is 12.8. The van der Waals surface area contributed by atoms with Gasteiger partial charge in [-0.15, -0.1) is 0 Å². The maximum atomic E-state index is 14.0. The average Bonchev–Trinajstić information content (AvgIpc) is 3.10. The Morgan fingerprint density at radius 3 is 1.35 bits per heavy atom. The second kappa shape index (κ2) is 18.8. The molecule has 8 nitrogen and oxygen atoms in total. The van der Waals surface area contributed by atoms with Crippen LogP contribution in [0, 0.1) is 13.8 Å². The summed E-state index contributed by atoms with van der Waals surface area (Å²) in [5.74, 6) is -2.57. The SMILES string of the molecule is Cc1c(COc2ccc(CNCCCC(=O)O)cc2C(F)(F)F)cccc1-c1cccc(COc2ccc(CNCCCC(=O)O)cc2C(F)(F)F)c1C. The molecular weight excluding hydrogens is 718 g/mol. The predicted octanol–water partition coefficient (Wildman–Crippen LogP) is 9.07. The lowest BCUT2D eigenvalue weighted by molar-refractivity contribution is -0.140. The third-order valence-electron chi connectivity index (χ3n) is 8.79. The monoisotopic (exact) mass is 760 g/mol. The molecule has 0 bridgehead atoms. The predicted molar refractivity (Wildman–Crippen MR) is 190 cm³/mol. The molecule has 0 amide bonds. The van der Waals surface area contributed by atoms with E-state index in [1.807, 2.05) is 26.0 Å². The largest absolute Gasteiger partial charge is 0.488 e. The van der Waals surface area contributed by atoms with Crippen molar-refractivity contribution in [2.24, 2.45) is 0 Å². The summed E-state index contributed by atoms with van der Waals surface area (Å²) in [7, 11) is 0. The molecule has 4 aromatic carbocycles. The minimum absolute atomic E-state index is 0.0460. The van der Waals surface area contributed by atoms with Crippen molar-refractivity contribution in [1.29, 1.82) is 0 Å². The number of hydrogen-bond donors (Lipinski definition) is 4. The van der Waals surface area contributed by atoms with Crippen LogP contribution in [0.25, 0.3) is 11.1 Å². The van der Waals surface area contributed by atoms with Gasteiger partial charge < -0.3 is 30.3 Å². The van der Waals surface area contributed by atoms with Crippen molar-refractivity contribution >= 4 is 11.9 Å². The molecule has 0 aliphatic carbocycles. The Balaban J connectivity index is 1.47. The van der Waals surface area contributed by atoms with Crippen LogP contribution in [-0.4, -0.2) is 35.2 Å². The molecule has 0 aliphatic rings. The second-order valence-electron chi connectivity index (χ2n) is 12.8. The molecule has 0 aliphatic heterocycles. The van der Waals surface area contributed by atoms with E-state index in [-0.39, 0.29) is 50.6 Å². The van der Waals surface area contributed by atoms with Gasteiger partial charge in [-0.3, -0.25) is 9.59 Å². The first-order valence-corrected chi connectivity index (χ1v) is 17.2. The highest BCUT2D eigenvalue weighted by molar-refractivity contribution is 5.72. The first-order chi connectivity index (χ1) is 25.5. The van der Waals surface area contributed by atoms with E-state index >= 15 is 0 Å². The summed E-state index contributed by atoms with van der Waals surface area (Å²) in [6.45, 7) is 4.24. The van der Waals surface area contributed by atoms with Crippen LogP contribution in [0.4, 0.5) is 26.3 Å². The molecule has 54 heavy (non-hydrogen) atoms. The fraction of sp³-hybridized carbons (Fsp3) is 0.350. The van der Waals surface area contributed by atoms with Crippen LogP contribution in [0.15, 0.2) is 72.8 Å². The number of aliphatic carboxylic acids is 2. The van der Waals surface area contributed by atoms with Gasteiger partial charge in [0.1, 0.15) is 24.7 Å². The van der Waals surface area contributed by atoms with Crippen LogP contribution in [0.2, 0.25) is 0 Å². The van der Waals surface area contributed by atoms with E-state index in [1.54, 1.807) is 24.3 Å². The molecule has 0 saturated carbocycles. The minimum atomic E-state index is -4.68. The van der Waals surface area contributed by atoms with Crippen LogP contribution in [-0.2, 0) is 48.2 Å². The molecule has 0 aromatic heterocycles. The van der Waals surface area contributed by atoms with E-state index in [1.165, 1.54) is 24.3 Å². The van der Waals surface area contributed by atoms with E-state index in [0.29, 0.717) is 48.2 Å². The molecule has 4 aromatic rings. The Hall–Kier alpha value is -5.08. The summed E-state index contributed by atoms with van der Waals surface area (Å²) in [6.07, 6.45) is -8.78. The molecule has 0 radical (unpaired) electrons. The molecule has 14 heteroatoms. The van der Waals surface area contributed by atoms with Gasteiger partial charge in [-0.25, -0.2) is 0 Å². The highest BCUT2D eigenvalue weighted by Crippen LogP contribution is 2.39. The van der Waals surface area contributed by atoms with Crippen LogP contribution in [0.5, 0.6) is 11.5 Å². The third-order valence-corrected chi connectivity index (χ3v) is 8.79. The third kappa shape index (κ3) is 12.0. The number of halogens is 6. The Morgan fingerprint density at radius 1 is 0.611 bits per heavy atom. The van der Waals surface area contributed by atoms with Gasteiger partial charge in [-0.05, 0) is 109 Å². The summed E-state index contributed by atoms with van der Waals surface area (Å²) >= 11 is 0. The highest BCUT2D eigenvalue weighted by Gasteiger charge is 2.36. The zero-order chi connectivity index (χ0) is 39.5. The van der Waals surface area contributed by atoms with Crippen LogP contribution >= 0.6 is 0 Å². The van der Waals surface area contributed by atoms with Gasteiger partial charge in [0.05, 0.1) is 11.1 Å². The Kier molecular flexibility index (Phi) is 14.5. The lowest BCUT2D eigenvalue weighted by Crippen LogP contribution is -2.17. The minimum Gasteiger partial charge on any atom is -0.488 e. The summed E-state index contributed by atoms with van der Waals surface area (Å²) < 4.78 is 95.7. The molecule has 4 N–H and O–H groups in total. The molecule has 290 valence electrons. The number of benzene rings is 4. The fourth-order valence-corrected chi connectivity index (χ4v) is 5.84. The lowest BCUT2D eigenvalue weighted by Gasteiger charge is -2.19. The first kappa shape index (κ1) is 41.7. The maximum Gasteiger partial charge on any atom is 0.419 e. The first-order valence-electron chi connectivity index (χ1n) is 17.2. The van der Waals surface area contributed by atoms with Gasteiger partial charge >= 0.3 is 24.3 Å². The molecule has 0 fully saturated rings. The van der Waals surface area contributed by atoms with Crippen LogP contribution < -0.4 is 20.1 Å². The van der Waals surface area contributed by atoms with Crippen molar-refractivity contribution < 1.29 is 55.6 Å². The number of hydrogen-bond acceptors (Lipinski definition) is 6. The van der Waals surface area contributed by atoms with Gasteiger partial charge in [0.2, 0.25) is 0 Å². The Labute approximate surface area is 309 Å². The lowest BCUT2D eigenvalue weighted by atomic mass is 9.92. The maximum absolute atomic E-state index is 14.0. The molecule has 0 atom stereocenters. The number of carboxylic acids is 2. The number of carbonyl (C=O) groups is 2. The van der Waals surface area contributed by atoms with Gasteiger partial charge in [0.25, 0.3) is 0 Å². The molecule has 0 saturated heterocycles. The van der Waals surface area contributed by atoms with Crippen molar-refractivity contribution in [3.8, 4) is 22.6 Å². The number of alkyl halides is 6. The van der Waals surface area contributed by atoms with E-state index in [9.17, 15) is 35.9 Å². The summed E-state index contributed by atoms with van der Waals surface area (Å²) in [5.41, 5.74) is 3.19. The van der Waals surface area contributed by atoms with Gasteiger partial charge in [-0.2, -0.15) is 26.3 Å². The van der Waals surface area contributed by atoms with E-state index < -0.39 is 35.4 Å². The molecular formula is C40H42F6N2O6. The summed E-state index contributed by atoms with van der Waals surface area (Å²) in [4.78, 5) is 21.3. The number of carboxylic acid groups (broad SMARTS) is 2. The van der Waals surface area contributed by atoms with Gasteiger partial charge in [-0.1, -0.05) is 48.5 Å². The highest BCUT2D eigenvalue weighted by atomic mass is 19.4.